The summed E-state index contributed by atoms with van der Waals surface area (Å²) < 4.78 is 0. The number of hydrogen-bond donors (Lipinski definition) is 0. The largest absolute Gasteiger partial charge is 0.297 e. The van der Waals surface area contributed by atoms with Crippen LogP contribution in [0.1, 0.15) is 40.0 Å². The van der Waals surface area contributed by atoms with Crippen molar-refractivity contribution in [3.8, 4) is 0 Å². The van der Waals surface area contributed by atoms with Crippen molar-refractivity contribution >= 4 is 0 Å². The second-order valence-electron chi connectivity index (χ2n) is 5.47. The Bertz CT molecular complexity index is 200. The zero-order valence-electron chi connectivity index (χ0n) is 9.92. The van der Waals surface area contributed by atoms with Gasteiger partial charge >= 0.3 is 0 Å². The van der Waals surface area contributed by atoms with E-state index >= 15 is 0 Å². The summed E-state index contributed by atoms with van der Waals surface area (Å²) in [5.41, 5.74) is 0.391. The molecule has 2 saturated heterocycles. The van der Waals surface area contributed by atoms with Crippen LogP contribution in [0.5, 0.6) is 0 Å². The Balaban J connectivity index is 2.06. The predicted molar refractivity (Wildman–Crippen MR) is 60.5 cm³/mol. The van der Waals surface area contributed by atoms with E-state index in [0.717, 1.165) is 6.04 Å². The minimum absolute atomic E-state index is 0.391. The van der Waals surface area contributed by atoms with Gasteiger partial charge in [0.05, 0.1) is 0 Å². The van der Waals surface area contributed by atoms with Gasteiger partial charge in [-0.3, -0.25) is 9.80 Å². The Labute approximate surface area is 88.3 Å². The zero-order valence-corrected chi connectivity index (χ0v) is 9.92. The summed E-state index contributed by atoms with van der Waals surface area (Å²) >= 11 is 0. The lowest BCUT2D eigenvalue weighted by Crippen LogP contribution is -2.64. The number of rotatable bonds is 1. The van der Waals surface area contributed by atoms with Gasteiger partial charge < -0.3 is 0 Å². The number of piperazine rings is 1. The number of hydrogen-bond acceptors (Lipinski definition) is 2. The van der Waals surface area contributed by atoms with Crippen LogP contribution in [-0.4, -0.2) is 47.6 Å². The average Bonchev–Trinajstić information content (AvgIpc) is 2.15. The number of piperidine rings is 1. The van der Waals surface area contributed by atoms with Gasteiger partial charge in [-0.1, -0.05) is 13.3 Å². The van der Waals surface area contributed by atoms with Crippen LogP contribution in [0.2, 0.25) is 0 Å². The minimum Gasteiger partial charge on any atom is -0.297 e. The van der Waals surface area contributed by atoms with E-state index in [1.165, 1.54) is 45.4 Å². The smallest absolute Gasteiger partial charge is 0.0280 e. The molecule has 2 aliphatic rings. The van der Waals surface area contributed by atoms with Crippen molar-refractivity contribution in [1.82, 2.24) is 9.80 Å². The molecule has 2 fully saturated rings. The standard InChI is InChI=1S/C12H24N2/c1-4-14-9-11-7-5-6-8-13(11)10-12(14,2)3/h11H,4-10H2,1-3H3. The highest BCUT2D eigenvalue weighted by molar-refractivity contribution is 4.95. The summed E-state index contributed by atoms with van der Waals surface area (Å²) in [5, 5.41) is 0. The van der Waals surface area contributed by atoms with Crippen molar-refractivity contribution in [2.24, 2.45) is 0 Å². The Hall–Kier alpha value is -0.0800. The molecule has 14 heavy (non-hydrogen) atoms. The quantitative estimate of drug-likeness (QED) is 0.632. The molecule has 2 heteroatoms. The first kappa shape index (κ1) is 10.4. The Morgan fingerprint density at radius 2 is 2.07 bits per heavy atom. The summed E-state index contributed by atoms with van der Waals surface area (Å²) in [5.74, 6) is 0. The Morgan fingerprint density at radius 1 is 1.29 bits per heavy atom. The summed E-state index contributed by atoms with van der Waals surface area (Å²) in [6.07, 6.45) is 4.28. The molecule has 0 aromatic heterocycles. The highest BCUT2D eigenvalue weighted by Crippen LogP contribution is 2.29. The maximum absolute atomic E-state index is 2.72. The van der Waals surface area contributed by atoms with Crippen molar-refractivity contribution in [3.05, 3.63) is 0 Å². The molecule has 0 bridgehead atoms. The average molecular weight is 196 g/mol. The van der Waals surface area contributed by atoms with Gasteiger partial charge in [0.2, 0.25) is 0 Å². The molecule has 82 valence electrons. The third-order valence-electron chi connectivity index (χ3n) is 4.01. The van der Waals surface area contributed by atoms with Gasteiger partial charge in [0, 0.05) is 24.7 Å². The normalized spacial score (nSPS) is 34.1. The van der Waals surface area contributed by atoms with Gasteiger partial charge in [0.1, 0.15) is 0 Å². The van der Waals surface area contributed by atoms with Crippen LogP contribution in [0, 0.1) is 0 Å². The second kappa shape index (κ2) is 3.82. The van der Waals surface area contributed by atoms with Crippen molar-refractivity contribution in [2.45, 2.75) is 51.6 Å². The topological polar surface area (TPSA) is 6.48 Å². The van der Waals surface area contributed by atoms with Gasteiger partial charge in [-0.2, -0.15) is 0 Å². The van der Waals surface area contributed by atoms with Crippen LogP contribution < -0.4 is 0 Å². The van der Waals surface area contributed by atoms with Crippen LogP contribution in [0.3, 0.4) is 0 Å². The molecular formula is C12H24N2. The monoisotopic (exact) mass is 196 g/mol. The Kier molecular flexibility index (Phi) is 2.85. The lowest BCUT2D eigenvalue weighted by molar-refractivity contribution is -0.0291. The summed E-state index contributed by atoms with van der Waals surface area (Å²) in [7, 11) is 0. The number of fused-ring (bicyclic) bond motifs is 1. The summed E-state index contributed by atoms with van der Waals surface area (Å²) in [4.78, 5) is 5.37. The highest BCUT2D eigenvalue weighted by atomic mass is 15.3. The molecule has 1 unspecified atom stereocenters. The third kappa shape index (κ3) is 1.82. The van der Waals surface area contributed by atoms with Crippen LogP contribution in [0.25, 0.3) is 0 Å². The molecule has 1 atom stereocenters. The lowest BCUT2D eigenvalue weighted by Gasteiger charge is -2.52. The minimum atomic E-state index is 0.391. The SMILES string of the molecule is CCN1CC2CCCCN2CC1(C)C. The van der Waals surface area contributed by atoms with Gasteiger partial charge in [-0.15, -0.1) is 0 Å². The molecule has 2 aliphatic heterocycles. The number of likely N-dealkylation sites (N-methyl/N-ethyl adjacent to an activating group) is 1. The van der Waals surface area contributed by atoms with Crippen LogP contribution in [0.4, 0.5) is 0 Å². The van der Waals surface area contributed by atoms with Crippen LogP contribution in [0.15, 0.2) is 0 Å². The Morgan fingerprint density at radius 3 is 2.79 bits per heavy atom. The van der Waals surface area contributed by atoms with Crippen molar-refractivity contribution in [1.29, 1.82) is 0 Å². The predicted octanol–water partition coefficient (Wildman–Crippen LogP) is 1.96. The fraction of sp³-hybridized carbons (Fsp3) is 1.00. The van der Waals surface area contributed by atoms with Crippen LogP contribution >= 0.6 is 0 Å². The zero-order chi connectivity index (χ0) is 10.2. The molecule has 0 aromatic carbocycles. The first-order valence-corrected chi connectivity index (χ1v) is 6.12. The molecule has 0 radical (unpaired) electrons. The fourth-order valence-electron chi connectivity index (χ4n) is 3.13. The molecule has 0 spiro atoms. The second-order valence-corrected chi connectivity index (χ2v) is 5.47. The molecular weight excluding hydrogens is 172 g/mol. The fourth-order valence-corrected chi connectivity index (χ4v) is 3.13. The molecule has 0 aromatic rings. The van der Waals surface area contributed by atoms with Crippen molar-refractivity contribution in [2.75, 3.05) is 26.2 Å². The van der Waals surface area contributed by atoms with E-state index in [-0.39, 0.29) is 0 Å². The molecule has 0 N–H and O–H groups in total. The highest BCUT2D eigenvalue weighted by Gasteiger charge is 2.38. The van der Waals surface area contributed by atoms with Gasteiger partial charge in [-0.05, 0) is 39.8 Å². The van der Waals surface area contributed by atoms with Gasteiger partial charge in [0.25, 0.3) is 0 Å². The molecule has 2 nitrogen and oxygen atoms in total. The van der Waals surface area contributed by atoms with Crippen LogP contribution in [-0.2, 0) is 0 Å². The maximum atomic E-state index is 2.72. The molecule has 0 saturated carbocycles. The van der Waals surface area contributed by atoms with Gasteiger partial charge in [0.15, 0.2) is 0 Å². The van der Waals surface area contributed by atoms with E-state index in [4.69, 9.17) is 0 Å². The molecule has 0 amide bonds. The molecule has 2 rings (SSSR count). The lowest BCUT2D eigenvalue weighted by atomic mass is 9.91. The van der Waals surface area contributed by atoms with Crippen molar-refractivity contribution in [3.63, 3.8) is 0 Å². The van der Waals surface area contributed by atoms with Crippen molar-refractivity contribution < 1.29 is 0 Å². The van der Waals surface area contributed by atoms with E-state index in [0.29, 0.717) is 5.54 Å². The van der Waals surface area contributed by atoms with E-state index < -0.39 is 0 Å². The van der Waals surface area contributed by atoms with E-state index in [9.17, 15) is 0 Å². The summed E-state index contributed by atoms with van der Waals surface area (Å²) in [6.45, 7) is 12.2. The van der Waals surface area contributed by atoms with E-state index in [2.05, 4.69) is 30.6 Å². The third-order valence-corrected chi connectivity index (χ3v) is 4.01. The maximum Gasteiger partial charge on any atom is 0.0280 e. The summed E-state index contributed by atoms with van der Waals surface area (Å²) in [6, 6.07) is 0.858. The van der Waals surface area contributed by atoms with E-state index in [1.807, 2.05) is 0 Å². The number of nitrogens with zero attached hydrogens (tertiary/aromatic N) is 2. The molecule has 2 heterocycles. The van der Waals surface area contributed by atoms with Gasteiger partial charge in [-0.25, -0.2) is 0 Å². The van der Waals surface area contributed by atoms with E-state index in [1.54, 1.807) is 0 Å². The first-order valence-electron chi connectivity index (χ1n) is 6.12. The first-order chi connectivity index (χ1) is 6.63. The molecule has 0 aliphatic carbocycles.